The molecular formula is C24H36ClN5O3S2. The molecule has 11 heteroatoms. The molecule has 1 atom stereocenters. The molecular weight excluding hydrogens is 506 g/mol. The molecule has 1 saturated heterocycles. The molecule has 2 aromatic heterocycles. The van der Waals surface area contributed by atoms with E-state index in [0.29, 0.717) is 5.02 Å². The summed E-state index contributed by atoms with van der Waals surface area (Å²) in [5.41, 5.74) is 7.53. The Morgan fingerprint density at radius 3 is 2.51 bits per heavy atom. The highest BCUT2D eigenvalue weighted by Gasteiger charge is 2.13. The van der Waals surface area contributed by atoms with Crippen LogP contribution in [0.3, 0.4) is 0 Å². The number of nitrogens with zero attached hydrogens (tertiary/aromatic N) is 3. The maximum Gasteiger partial charge on any atom is 0.240 e. The summed E-state index contributed by atoms with van der Waals surface area (Å²) in [7, 11) is 0. The number of carbonyl (C=O) groups is 1. The van der Waals surface area contributed by atoms with Gasteiger partial charge in [-0.25, -0.2) is 4.98 Å². The van der Waals surface area contributed by atoms with Crippen molar-refractivity contribution in [3.05, 3.63) is 71.3 Å². The largest absolute Gasteiger partial charge is 0.412 e. The van der Waals surface area contributed by atoms with Gasteiger partial charge in [-0.3, -0.25) is 4.79 Å². The molecule has 7 N–H and O–H groups in total. The van der Waals surface area contributed by atoms with Gasteiger partial charge in [-0.1, -0.05) is 17.7 Å². The summed E-state index contributed by atoms with van der Waals surface area (Å²) in [5, 5.41) is 4.62. The van der Waals surface area contributed by atoms with Crippen molar-refractivity contribution in [1.29, 1.82) is 0 Å². The lowest BCUT2D eigenvalue weighted by atomic mass is 10.2. The van der Waals surface area contributed by atoms with Crippen LogP contribution in [0.15, 0.2) is 71.2 Å². The molecule has 0 spiro atoms. The number of aromatic nitrogens is 2. The third kappa shape index (κ3) is 7.36. The van der Waals surface area contributed by atoms with Gasteiger partial charge in [-0.15, -0.1) is 11.3 Å². The van der Waals surface area contributed by atoms with Crippen LogP contribution >= 0.6 is 34.9 Å². The average Bonchev–Trinajstić information content (AvgIpc) is 3.60. The van der Waals surface area contributed by atoms with Gasteiger partial charge in [0.05, 0.1) is 5.52 Å². The van der Waals surface area contributed by atoms with E-state index in [-0.39, 0.29) is 27.2 Å². The van der Waals surface area contributed by atoms with Crippen molar-refractivity contribution in [2.24, 2.45) is 5.73 Å². The molecule has 1 fully saturated rings. The number of primary amides is 1. The lowest BCUT2D eigenvalue weighted by molar-refractivity contribution is -0.120. The van der Waals surface area contributed by atoms with Crippen molar-refractivity contribution in [3.63, 3.8) is 0 Å². The number of hydrogen-bond acceptors (Lipinski definition) is 6. The van der Waals surface area contributed by atoms with E-state index in [0.717, 1.165) is 16.0 Å². The Hall–Kier alpha value is -2.76. The first-order chi connectivity index (χ1) is 16.0. The van der Waals surface area contributed by atoms with Crippen LogP contribution in [-0.2, 0) is 4.79 Å². The highest BCUT2D eigenvalue weighted by Crippen LogP contribution is 2.26. The third-order valence-electron chi connectivity index (χ3n) is 5.51. The second-order valence-electron chi connectivity index (χ2n) is 7.73. The Morgan fingerprint density at radius 1 is 1.17 bits per heavy atom. The topological polar surface area (TPSA) is 139 Å². The monoisotopic (exact) mass is 541 g/mol. The SMILES string of the molecule is C[C@H](C(N)=O)n1ccc2ccc(Cl)cc21.O.O.[HH].[HH].[HH].c1csc(NSc2ccc(N3CCCC3)cc2)n1. The molecule has 0 unspecified atom stereocenters. The fraction of sp³-hybridized carbons (Fsp3) is 0.250. The first-order valence-electron chi connectivity index (χ1n) is 10.7. The minimum atomic E-state index is -0.360. The summed E-state index contributed by atoms with van der Waals surface area (Å²) in [6.07, 6.45) is 6.30. The number of amides is 1. The molecule has 194 valence electrons. The molecule has 3 heterocycles. The van der Waals surface area contributed by atoms with Crippen LogP contribution < -0.4 is 15.4 Å². The number of halogens is 1. The van der Waals surface area contributed by atoms with Crippen LogP contribution in [0.4, 0.5) is 10.8 Å². The third-order valence-corrected chi connectivity index (χ3v) is 7.37. The smallest absolute Gasteiger partial charge is 0.240 e. The molecule has 0 aliphatic carbocycles. The number of nitrogens with two attached hydrogens (primary N) is 1. The molecule has 1 amide bonds. The van der Waals surface area contributed by atoms with E-state index < -0.39 is 0 Å². The van der Waals surface area contributed by atoms with E-state index in [1.54, 1.807) is 30.2 Å². The summed E-state index contributed by atoms with van der Waals surface area (Å²) in [4.78, 5) is 18.9. The van der Waals surface area contributed by atoms with Crippen LogP contribution in [0.2, 0.25) is 5.02 Å². The highest BCUT2D eigenvalue weighted by molar-refractivity contribution is 8.00. The van der Waals surface area contributed by atoms with Crippen molar-refractivity contribution >= 4 is 62.5 Å². The zero-order valence-electron chi connectivity index (χ0n) is 19.3. The summed E-state index contributed by atoms with van der Waals surface area (Å²) in [6, 6.07) is 15.9. The second kappa shape index (κ2) is 13.4. The molecule has 1 aliphatic rings. The Kier molecular flexibility index (Phi) is 10.9. The zero-order chi connectivity index (χ0) is 23.2. The minimum Gasteiger partial charge on any atom is -0.412 e. The van der Waals surface area contributed by atoms with Crippen molar-refractivity contribution in [2.45, 2.75) is 30.7 Å². The molecule has 1 aliphatic heterocycles. The van der Waals surface area contributed by atoms with Crippen LogP contribution in [-0.4, -0.2) is 39.5 Å². The molecule has 0 radical (unpaired) electrons. The summed E-state index contributed by atoms with van der Waals surface area (Å²) in [5.74, 6) is -0.354. The molecule has 5 rings (SSSR count). The van der Waals surface area contributed by atoms with E-state index in [1.807, 2.05) is 46.6 Å². The molecule has 8 nitrogen and oxygen atoms in total. The van der Waals surface area contributed by atoms with Gasteiger partial charge in [0.1, 0.15) is 6.04 Å². The van der Waals surface area contributed by atoms with E-state index in [2.05, 4.69) is 38.9 Å². The van der Waals surface area contributed by atoms with E-state index >= 15 is 0 Å². The Balaban J connectivity index is 0. The Morgan fingerprint density at radius 2 is 1.89 bits per heavy atom. The first-order valence-corrected chi connectivity index (χ1v) is 12.8. The van der Waals surface area contributed by atoms with Crippen molar-refractivity contribution in [1.82, 2.24) is 9.55 Å². The molecule has 0 saturated carbocycles. The number of hydrogen-bond donors (Lipinski definition) is 2. The highest BCUT2D eigenvalue weighted by atomic mass is 35.5. The van der Waals surface area contributed by atoms with Crippen LogP contribution in [0.5, 0.6) is 0 Å². The number of anilines is 2. The maximum atomic E-state index is 11.1. The van der Waals surface area contributed by atoms with Crippen molar-refractivity contribution in [2.75, 3.05) is 22.7 Å². The quantitative estimate of drug-likeness (QED) is 0.319. The predicted octanol–water partition coefficient (Wildman–Crippen LogP) is 5.29. The van der Waals surface area contributed by atoms with Crippen LogP contribution in [0.1, 0.15) is 30.1 Å². The van der Waals surface area contributed by atoms with Gasteiger partial charge in [0.2, 0.25) is 5.91 Å². The number of thiazole rings is 1. The normalized spacial score (nSPS) is 13.3. The molecule has 4 aromatic rings. The van der Waals surface area contributed by atoms with E-state index in [4.69, 9.17) is 17.3 Å². The van der Waals surface area contributed by atoms with Crippen molar-refractivity contribution < 1.29 is 20.0 Å². The Bertz CT molecular complexity index is 1210. The fourth-order valence-corrected chi connectivity index (χ4v) is 5.06. The van der Waals surface area contributed by atoms with Gasteiger partial charge in [0.15, 0.2) is 5.13 Å². The fourth-order valence-electron chi connectivity index (χ4n) is 3.67. The van der Waals surface area contributed by atoms with Gasteiger partial charge in [-0.05, 0) is 79.6 Å². The van der Waals surface area contributed by atoms with E-state index in [1.165, 1.54) is 36.5 Å². The van der Waals surface area contributed by atoms with E-state index in [9.17, 15) is 4.79 Å². The Labute approximate surface area is 222 Å². The van der Waals surface area contributed by atoms with Gasteiger partial charge < -0.3 is 30.9 Å². The standard InChI is InChI=1S/C13H15N3S2.C11H11ClN2O.2H2O.3H2/c1-2-9-16(8-1)11-3-5-12(6-4-11)18-15-13-14-7-10-17-13;1-7(11(13)15)14-5-4-8-2-3-9(12)6-10(8)14;;;;;/h3-7,10H,1-2,8-9H2,(H,14,15);2-7H,1H3,(H2,13,15);2*1H2;3*1H/t;7-;;;;;/m.1...../s1. The maximum absolute atomic E-state index is 11.1. The zero-order valence-corrected chi connectivity index (χ0v) is 21.7. The molecule has 0 bridgehead atoms. The summed E-state index contributed by atoms with van der Waals surface area (Å²) in [6.45, 7) is 4.16. The number of benzene rings is 2. The minimum absolute atomic E-state index is 0. The van der Waals surface area contributed by atoms with Crippen molar-refractivity contribution in [3.8, 4) is 0 Å². The van der Waals surface area contributed by atoms with Gasteiger partial charge in [0.25, 0.3) is 0 Å². The number of nitrogens with one attached hydrogen (secondary N) is 1. The van der Waals surface area contributed by atoms with Crippen LogP contribution in [0.25, 0.3) is 10.9 Å². The average molecular weight is 542 g/mol. The van der Waals surface area contributed by atoms with Gasteiger partial charge in [0, 0.05) is 50.7 Å². The summed E-state index contributed by atoms with van der Waals surface area (Å²) >= 11 is 9.13. The number of rotatable bonds is 6. The lowest BCUT2D eigenvalue weighted by Crippen LogP contribution is -2.23. The summed E-state index contributed by atoms with van der Waals surface area (Å²) < 4.78 is 5.06. The van der Waals surface area contributed by atoms with Gasteiger partial charge in [-0.2, -0.15) is 0 Å². The van der Waals surface area contributed by atoms with Crippen LogP contribution in [0, 0.1) is 0 Å². The molecule has 2 aromatic carbocycles. The lowest BCUT2D eigenvalue weighted by Gasteiger charge is -2.17. The second-order valence-corrected chi connectivity index (χ2v) is 9.94. The number of fused-ring (bicyclic) bond motifs is 1. The predicted molar refractivity (Wildman–Crippen MR) is 154 cm³/mol. The number of carbonyl (C=O) groups excluding carboxylic acids is 1. The van der Waals surface area contributed by atoms with Gasteiger partial charge >= 0.3 is 0 Å². The molecule has 35 heavy (non-hydrogen) atoms. The first kappa shape index (κ1) is 28.5.